The predicted molar refractivity (Wildman–Crippen MR) is 85.4 cm³/mol. The predicted octanol–water partition coefficient (Wildman–Crippen LogP) is 3.33. The first-order chi connectivity index (χ1) is 10.4. The zero-order valence-corrected chi connectivity index (χ0v) is 13.6. The second kappa shape index (κ2) is 6.98. The zero-order valence-electron chi connectivity index (χ0n) is 12.0. The molecule has 1 heterocycles. The maximum absolute atomic E-state index is 12.3. The highest BCUT2D eigenvalue weighted by Gasteiger charge is 2.41. The number of amides is 2. The molecule has 5 nitrogen and oxygen atoms in total. The standard InChI is InChI=1S/C15H14ClNO4S/c1-3-21-14(19)9(2)17-13(18)12(22-15(17)20)8-10-4-6-11(16)7-5-10/h4-9H,3H2,1-2H3/b12-8+. The Labute approximate surface area is 137 Å². The lowest BCUT2D eigenvalue weighted by Gasteiger charge is -2.19. The molecule has 0 radical (unpaired) electrons. The molecule has 0 bridgehead atoms. The molecule has 1 aliphatic rings. The van der Waals surface area contributed by atoms with Crippen molar-refractivity contribution in [2.75, 3.05) is 6.61 Å². The topological polar surface area (TPSA) is 63.7 Å². The SMILES string of the molecule is CCOC(=O)C(C)N1C(=O)S/C(=C/c2ccc(Cl)cc2)C1=O. The summed E-state index contributed by atoms with van der Waals surface area (Å²) in [5.41, 5.74) is 0.749. The smallest absolute Gasteiger partial charge is 0.329 e. The Balaban J connectivity index is 2.21. The van der Waals surface area contributed by atoms with Crippen LogP contribution in [0.4, 0.5) is 4.79 Å². The van der Waals surface area contributed by atoms with Crippen LogP contribution < -0.4 is 0 Å². The van der Waals surface area contributed by atoms with Crippen LogP contribution in [0.5, 0.6) is 0 Å². The molecular formula is C15H14ClNO4S. The van der Waals surface area contributed by atoms with Crippen molar-refractivity contribution >= 4 is 46.6 Å². The summed E-state index contributed by atoms with van der Waals surface area (Å²) in [7, 11) is 0. The number of hydrogen-bond acceptors (Lipinski definition) is 5. The lowest BCUT2D eigenvalue weighted by atomic mass is 10.2. The van der Waals surface area contributed by atoms with Gasteiger partial charge >= 0.3 is 5.97 Å². The molecule has 22 heavy (non-hydrogen) atoms. The Bertz CT molecular complexity index is 641. The fourth-order valence-corrected chi connectivity index (χ4v) is 2.93. The first-order valence-corrected chi connectivity index (χ1v) is 7.82. The first-order valence-electron chi connectivity index (χ1n) is 6.63. The number of nitrogens with zero attached hydrogens (tertiary/aromatic N) is 1. The van der Waals surface area contributed by atoms with Crippen LogP contribution in [-0.2, 0) is 14.3 Å². The van der Waals surface area contributed by atoms with Gasteiger partial charge in [-0.1, -0.05) is 23.7 Å². The quantitative estimate of drug-likeness (QED) is 0.622. The third-order valence-electron chi connectivity index (χ3n) is 3.01. The third kappa shape index (κ3) is 3.51. The van der Waals surface area contributed by atoms with Crippen LogP contribution in [0.2, 0.25) is 5.02 Å². The molecule has 0 aromatic heterocycles. The molecule has 1 aromatic carbocycles. The number of carbonyl (C=O) groups is 3. The highest BCUT2D eigenvalue weighted by Crippen LogP contribution is 2.33. The first kappa shape index (κ1) is 16.6. The van der Waals surface area contributed by atoms with Gasteiger partial charge in [0.2, 0.25) is 0 Å². The van der Waals surface area contributed by atoms with Gasteiger partial charge in [-0.25, -0.2) is 4.79 Å². The molecule has 7 heteroatoms. The van der Waals surface area contributed by atoms with Gasteiger partial charge in [0.15, 0.2) is 0 Å². The minimum absolute atomic E-state index is 0.194. The van der Waals surface area contributed by atoms with Crippen molar-refractivity contribution in [3.8, 4) is 0 Å². The normalized spacial score (nSPS) is 18.0. The van der Waals surface area contributed by atoms with Gasteiger partial charge in [-0.3, -0.25) is 14.5 Å². The van der Waals surface area contributed by atoms with E-state index < -0.39 is 23.2 Å². The summed E-state index contributed by atoms with van der Waals surface area (Å²) in [6, 6.07) is 5.93. The van der Waals surface area contributed by atoms with Crippen molar-refractivity contribution in [2.24, 2.45) is 0 Å². The summed E-state index contributed by atoms with van der Waals surface area (Å²) >= 11 is 6.61. The number of thioether (sulfide) groups is 1. The van der Waals surface area contributed by atoms with Crippen molar-refractivity contribution in [1.82, 2.24) is 4.90 Å². The maximum Gasteiger partial charge on any atom is 0.329 e. The highest BCUT2D eigenvalue weighted by molar-refractivity contribution is 8.18. The summed E-state index contributed by atoms with van der Waals surface area (Å²) in [5, 5.41) is 0.104. The summed E-state index contributed by atoms with van der Waals surface area (Å²) in [4.78, 5) is 37.2. The van der Waals surface area contributed by atoms with Gasteiger partial charge in [0, 0.05) is 5.02 Å². The molecule has 2 rings (SSSR count). The van der Waals surface area contributed by atoms with Crippen molar-refractivity contribution in [2.45, 2.75) is 19.9 Å². The third-order valence-corrected chi connectivity index (χ3v) is 4.14. The number of imide groups is 1. The van der Waals surface area contributed by atoms with Crippen LogP contribution in [0, 0.1) is 0 Å². The van der Waals surface area contributed by atoms with Crippen LogP contribution in [0.25, 0.3) is 6.08 Å². The minimum Gasteiger partial charge on any atom is -0.464 e. The molecule has 1 aliphatic heterocycles. The number of benzene rings is 1. The van der Waals surface area contributed by atoms with Gasteiger partial charge in [0.25, 0.3) is 11.1 Å². The fourth-order valence-electron chi connectivity index (χ4n) is 1.89. The van der Waals surface area contributed by atoms with Crippen LogP contribution in [0.15, 0.2) is 29.2 Å². The van der Waals surface area contributed by atoms with E-state index in [4.69, 9.17) is 16.3 Å². The molecule has 1 aromatic rings. The fraction of sp³-hybridized carbons (Fsp3) is 0.267. The molecule has 1 unspecified atom stereocenters. The molecule has 2 amide bonds. The van der Waals surface area contributed by atoms with Crippen LogP contribution in [-0.4, -0.2) is 34.7 Å². The second-order valence-electron chi connectivity index (χ2n) is 4.53. The summed E-state index contributed by atoms with van der Waals surface area (Å²) in [6.07, 6.45) is 1.60. The molecule has 0 aliphatic carbocycles. The van der Waals surface area contributed by atoms with Gasteiger partial charge in [0.1, 0.15) is 6.04 Å². The molecule has 1 atom stereocenters. The maximum atomic E-state index is 12.3. The number of ether oxygens (including phenoxy) is 1. The van der Waals surface area contributed by atoms with E-state index in [1.807, 2.05) is 0 Å². The van der Waals surface area contributed by atoms with Crippen molar-refractivity contribution < 1.29 is 19.1 Å². The van der Waals surface area contributed by atoms with E-state index >= 15 is 0 Å². The van der Waals surface area contributed by atoms with Crippen molar-refractivity contribution in [3.63, 3.8) is 0 Å². The number of esters is 1. The Morgan fingerprint density at radius 1 is 1.36 bits per heavy atom. The van der Waals surface area contributed by atoms with Gasteiger partial charge < -0.3 is 4.74 Å². The largest absolute Gasteiger partial charge is 0.464 e. The molecule has 1 fully saturated rings. The van der Waals surface area contributed by atoms with E-state index in [1.54, 1.807) is 37.3 Å². The van der Waals surface area contributed by atoms with Crippen molar-refractivity contribution in [1.29, 1.82) is 0 Å². The Hall–Kier alpha value is -1.79. The average Bonchev–Trinajstić information content (AvgIpc) is 2.75. The number of halogens is 1. The number of hydrogen-bond donors (Lipinski definition) is 0. The lowest BCUT2D eigenvalue weighted by molar-refractivity contribution is -0.150. The monoisotopic (exact) mass is 339 g/mol. The lowest BCUT2D eigenvalue weighted by Crippen LogP contribution is -2.42. The highest BCUT2D eigenvalue weighted by atomic mass is 35.5. The summed E-state index contributed by atoms with van der Waals surface area (Å²) in [5.74, 6) is -1.09. The van der Waals surface area contributed by atoms with E-state index in [2.05, 4.69) is 0 Å². The molecule has 0 spiro atoms. The summed E-state index contributed by atoms with van der Waals surface area (Å²) in [6.45, 7) is 3.33. The van der Waals surface area contributed by atoms with E-state index in [-0.39, 0.29) is 11.5 Å². The molecular weight excluding hydrogens is 326 g/mol. The molecule has 116 valence electrons. The van der Waals surface area contributed by atoms with E-state index in [1.165, 1.54) is 6.92 Å². The minimum atomic E-state index is -0.941. The summed E-state index contributed by atoms with van der Waals surface area (Å²) < 4.78 is 4.85. The second-order valence-corrected chi connectivity index (χ2v) is 5.96. The van der Waals surface area contributed by atoms with Crippen LogP contribution in [0.3, 0.4) is 0 Å². The number of carbonyl (C=O) groups excluding carboxylic acids is 3. The van der Waals surface area contributed by atoms with Gasteiger partial charge in [0.05, 0.1) is 11.5 Å². The van der Waals surface area contributed by atoms with E-state index in [0.29, 0.717) is 5.02 Å². The Kier molecular flexibility index (Phi) is 5.26. The van der Waals surface area contributed by atoms with Gasteiger partial charge in [-0.05, 0) is 49.4 Å². The Morgan fingerprint density at radius 3 is 2.59 bits per heavy atom. The zero-order chi connectivity index (χ0) is 16.3. The van der Waals surface area contributed by atoms with E-state index in [0.717, 1.165) is 22.2 Å². The molecule has 1 saturated heterocycles. The van der Waals surface area contributed by atoms with Crippen LogP contribution >= 0.6 is 23.4 Å². The number of rotatable bonds is 4. The van der Waals surface area contributed by atoms with Crippen molar-refractivity contribution in [3.05, 3.63) is 39.8 Å². The Morgan fingerprint density at radius 2 is 2.00 bits per heavy atom. The van der Waals surface area contributed by atoms with E-state index in [9.17, 15) is 14.4 Å². The van der Waals surface area contributed by atoms with Crippen LogP contribution in [0.1, 0.15) is 19.4 Å². The van der Waals surface area contributed by atoms with Gasteiger partial charge in [-0.15, -0.1) is 0 Å². The van der Waals surface area contributed by atoms with Gasteiger partial charge in [-0.2, -0.15) is 0 Å². The average molecular weight is 340 g/mol. The molecule has 0 N–H and O–H groups in total. The molecule has 0 saturated carbocycles.